The number of hydrogen-bond acceptors (Lipinski definition) is 2. The van der Waals surface area contributed by atoms with E-state index in [-0.39, 0.29) is 0 Å². The summed E-state index contributed by atoms with van der Waals surface area (Å²) in [6.07, 6.45) is 1.49. The summed E-state index contributed by atoms with van der Waals surface area (Å²) in [5, 5.41) is 5.12. The summed E-state index contributed by atoms with van der Waals surface area (Å²) >= 11 is 0. The highest BCUT2D eigenvalue weighted by molar-refractivity contribution is 6.08. The molecule has 0 spiro atoms. The molecule has 6 aromatic rings. The van der Waals surface area contributed by atoms with Gasteiger partial charge in [0.05, 0.1) is 0 Å². The second kappa shape index (κ2) is 6.32. The van der Waals surface area contributed by atoms with E-state index in [1.165, 1.54) is 44.6 Å². The number of benzene rings is 5. The monoisotopic (exact) mass is 371 g/mol. The number of nitrogens with zero attached hydrogens (tertiary/aromatic N) is 1. The number of rotatable bonds is 2. The van der Waals surface area contributed by atoms with Crippen LogP contribution in [-0.2, 0) is 0 Å². The molecule has 0 bridgehead atoms. The minimum atomic E-state index is 0.811. The van der Waals surface area contributed by atoms with Crippen LogP contribution in [0.25, 0.3) is 54.9 Å². The van der Waals surface area contributed by atoms with Gasteiger partial charge in [-0.05, 0) is 68.1 Å². The van der Waals surface area contributed by atoms with Crippen molar-refractivity contribution in [1.29, 1.82) is 0 Å². The summed E-state index contributed by atoms with van der Waals surface area (Å²) in [6, 6.07) is 34.5. The Hall–Kier alpha value is -3.91. The van der Waals surface area contributed by atoms with Crippen molar-refractivity contribution in [2.24, 2.45) is 0 Å². The molecule has 0 aliphatic carbocycles. The van der Waals surface area contributed by atoms with Crippen LogP contribution in [0.4, 0.5) is 0 Å². The van der Waals surface area contributed by atoms with Crippen molar-refractivity contribution < 1.29 is 4.42 Å². The van der Waals surface area contributed by atoms with Crippen molar-refractivity contribution in [3.05, 3.63) is 103 Å². The Bertz CT molecular complexity index is 1510. The second-order valence-electron chi connectivity index (χ2n) is 7.34. The topological polar surface area (TPSA) is 26.0 Å². The van der Waals surface area contributed by atoms with Crippen LogP contribution in [0.2, 0.25) is 0 Å². The molecule has 29 heavy (non-hydrogen) atoms. The Labute approximate surface area is 168 Å². The van der Waals surface area contributed by atoms with Gasteiger partial charge in [0.15, 0.2) is 12.0 Å². The van der Waals surface area contributed by atoms with E-state index in [1.54, 1.807) is 0 Å². The van der Waals surface area contributed by atoms with Gasteiger partial charge < -0.3 is 4.42 Å². The minimum absolute atomic E-state index is 0.811. The van der Waals surface area contributed by atoms with Gasteiger partial charge >= 0.3 is 0 Å². The van der Waals surface area contributed by atoms with Crippen molar-refractivity contribution in [3.63, 3.8) is 0 Å². The molecular formula is C27H17NO. The quantitative estimate of drug-likeness (QED) is 0.295. The molecule has 136 valence electrons. The first-order valence-corrected chi connectivity index (χ1v) is 9.71. The van der Waals surface area contributed by atoms with Gasteiger partial charge in [0.1, 0.15) is 5.52 Å². The van der Waals surface area contributed by atoms with Gasteiger partial charge in [-0.3, -0.25) is 0 Å². The predicted molar refractivity (Wildman–Crippen MR) is 120 cm³/mol. The van der Waals surface area contributed by atoms with E-state index >= 15 is 0 Å². The molecule has 1 aromatic heterocycles. The van der Waals surface area contributed by atoms with Crippen molar-refractivity contribution in [2.45, 2.75) is 0 Å². The minimum Gasteiger partial charge on any atom is -0.443 e. The van der Waals surface area contributed by atoms with Crippen LogP contribution in [0.15, 0.2) is 108 Å². The predicted octanol–water partition coefficient (Wildman–Crippen LogP) is 7.47. The van der Waals surface area contributed by atoms with E-state index in [0.717, 1.165) is 16.7 Å². The van der Waals surface area contributed by atoms with Crippen LogP contribution in [0.5, 0.6) is 0 Å². The first-order chi connectivity index (χ1) is 14.3. The smallest absolute Gasteiger partial charge is 0.181 e. The highest BCUT2D eigenvalue weighted by Crippen LogP contribution is 2.32. The molecule has 0 atom stereocenters. The molecule has 5 aromatic carbocycles. The van der Waals surface area contributed by atoms with Gasteiger partial charge in [0, 0.05) is 0 Å². The molecule has 0 saturated carbocycles. The van der Waals surface area contributed by atoms with E-state index in [4.69, 9.17) is 4.42 Å². The van der Waals surface area contributed by atoms with Crippen LogP contribution in [-0.4, -0.2) is 4.98 Å². The molecule has 0 fully saturated rings. The number of hydrogen-bond donors (Lipinski definition) is 0. The third kappa shape index (κ3) is 2.69. The Morgan fingerprint density at radius 3 is 2.17 bits per heavy atom. The lowest BCUT2D eigenvalue weighted by atomic mass is 9.95. The SMILES string of the molecule is c1cc(-c2ccc3c(ccc4ccccc43)c2)cc(-c2ccc3ncoc3c2)c1. The zero-order valence-corrected chi connectivity index (χ0v) is 15.7. The Balaban J connectivity index is 1.47. The van der Waals surface area contributed by atoms with Gasteiger partial charge in [-0.15, -0.1) is 0 Å². The first-order valence-electron chi connectivity index (χ1n) is 9.71. The summed E-state index contributed by atoms with van der Waals surface area (Å²) in [4.78, 5) is 4.20. The summed E-state index contributed by atoms with van der Waals surface area (Å²) in [6.45, 7) is 0. The zero-order valence-electron chi connectivity index (χ0n) is 15.7. The fourth-order valence-corrected chi connectivity index (χ4v) is 4.11. The third-order valence-corrected chi connectivity index (χ3v) is 5.61. The van der Waals surface area contributed by atoms with Gasteiger partial charge in [0.25, 0.3) is 0 Å². The number of aromatic nitrogens is 1. The number of oxazole rings is 1. The van der Waals surface area contributed by atoms with Crippen molar-refractivity contribution >= 4 is 32.6 Å². The van der Waals surface area contributed by atoms with Gasteiger partial charge in [0.2, 0.25) is 0 Å². The Morgan fingerprint density at radius 1 is 0.517 bits per heavy atom. The van der Waals surface area contributed by atoms with Crippen molar-refractivity contribution in [3.8, 4) is 22.3 Å². The molecule has 0 radical (unpaired) electrons. The third-order valence-electron chi connectivity index (χ3n) is 5.61. The highest BCUT2D eigenvalue weighted by Gasteiger charge is 2.07. The maximum Gasteiger partial charge on any atom is 0.181 e. The average Bonchev–Trinajstić information content (AvgIpc) is 3.27. The van der Waals surface area contributed by atoms with E-state index < -0.39 is 0 Å². The molecule has 0 aliphatic heterocycles. The summed E-state index contributed by atoms with van der Waals surface area (Å²) in [5.41, 5.74) is 6.41. The van der Waals surface area contributed by atoms with Gasteiger partial charge in [-0.2, -0.15) is 0 Å². The second-order valence-corrected chi connectivity index (χ2v) is 7.34. The lowest BCUT2D eigenvalue weighted by Gasteiger charge is -2.09. The standard InChI is InChI=1S/C27H17NO/c1-2-7-24-18(4-1)8-9-23-15-21(10-12-25(23)24)19-5-3-6-20(14-19)22-11-13-26-27(16-22)29-17-28-26/h1-17H. The summed E-state index contributed by atoms with van der Waals surface area (Å²) < 4.78 is 5.47. The molecule has 0 unspecified atom stereocenters. The van der Waals surface area contributed by atoms with E-state index in [9.17, 15) is 0 Å². The van der Waals surface area contributed by atoms with Gasteiger partial charge in [-0.25, -0.2) is 4.98 Å². The van der Waals surface area contributed by atoms with E-state index in [1.807, 2.05) is 12.1 Å². The van der Waals surface area contributed by atoms with Crippen molar-refractivity contribution in [2.75, 3.05) is 0 Å². The van der Waals surface area contributed by atoms with Crippen LogP contribution >= 0.6 is 0 Å². The summed E-state index contributed by atoms with van der Waals surface area (Å²) in [5.74, 6) is 0. The van der Waals surface area contributed by atoms with Gasteiger partial charge in [-0.1, -0.05) is 72.8 Å². The van der Waals surface area contributed by atoms with Crippen LogP contribution < -0.4 is 0 Å². The lowest BCUT2D eigenvalue weighted by Crippen LogP contribution is -1.83. The molecule has 2 heteroatoms. The van der Waals surface area contributed by atoms with Crippen LogP contribution in [0.3, 0.4) is 0 Å². The maximum atomic E-state index is 5.47. The molecule has 6 rings (SSSR count). The molecular weight excluding hydrogens is 354 g/mol. The molecule has 1 heterocycles. The fourth-order valence-electron chi connectivity index (χ4n) is 4.11. The average molecular weight is 371 g/mol. The molecule has 0 saturated heterocycles. The van der Waals surface area contributed by atoms with Crippen molar-refractivity contribution in [1.82, 2.24) is 4.98 Å². The molecule has 0 N–H and O–H groups in total. The van der Waals surface area contributed by atoms with Crippen LogP contribution in [0, 0.1) is 0 Å². The molecule has 2 nitrogen and oxygen atoms in total. The van der Waals surface area contributed by atoms with E-state index in [0.29, 0.717) is 0 Å². The molecule has 0 aliphatic rings. The largest absolute Gasteiger partial charge is 0.443 e. The first kappa shape index (κ1) is 16.1. The fraction of sp³-hybridized carbons (Fsp3) is 0. The van der Waals surface area contributed by atoms with E-state index in [2.05, 4.69) is 89.9 Å². The number of fused-ring (bicyclic) bond motifs is 4. The normalized spacial score (nSPS) is 11.4. The Kier molecular flexibility index (Phi) is 3.50. The summed E-state index contributed by atoms with van der Waals surface area (Å²) in [7, 11) is 0. The maximum absolute atomic E-state index is 5.47. The lowest BCUT2D eigenvalue weighted by molar-refractivity contribution is 0.602. The zero-order chi connectivity index (χ0) is 19.2. The van der Waals surface area contributed by atoms with Crippen LogP contribution in [0.1, 0.15) is 0 Å². The Morgan fingerprint density at radius 2 is 1.24 bits per heavy atom. The highest BCUT2D eigenvalue weighted by atomic mass is 16.3. The molecule has 0 amide bonds.